The molecule has 172 valence electrons. The van der Waals surface area contributed by atoms with Gasteiger partial charge in [-0.1, -0.05) is 41.1 Å². The first-order valence-corrected chi connectivity index (χ1v) is 11.6. The number of aromatic nitrogens is 1. The second-order valence-corrected chi connectivity index (χ2v) is 9.35. The van der Waals surface area contributed by atoms with E-state index in [1.54, 1.807) is 24.3 Å². The fourth-order valence-corrected chi connectivity index (χ4v) is 5.17. The van der Waals surface area contributed by atoms with Gasteiger partial charge in [-0.05, 0) is 49.7 Å². The Morgan fingerprint density at radius 2 is 1.91 bits per heavy atom. The summed E-state index contributed by atoms with van der Waals surface area (Å²) in [7, 11) is 1.26. The highest BCUT2D eigenvalue weighted by atomic mass is 35.5. The van der Waals surface area contributed by atoms with Crippen molar-refractivity contribution in [3.63, 3.8) is 0 Å². The molecule has 0 fully saturated rings. The Bertz CT molecular complexity index is 1250. The van der Waals surface area contributed by atoms with Gasteiger partial charge in [0.1, 0.15) is 18.1 Å². The molecule has 1 atom stereocenters. The number of thiazole rings is 1. The fraction of sp³-hybridized carbons (Fsp3) is 0.292. The number of methoxy groups -OCH3 is 1. The van der Waals surface area contributed by atoms with Crippen LogP contribution < -0.4 is 14.5 Å². The number of esters is 1. The van der Waals surface area contributed by atoms with Gasteiger partial charge >= 0.3 is 10.8 Å². The number of ether oxygens (including phenoxy) is 2. The third kappa shape index (κ3) is 4.67. The zero-order chi connectivity index (χ0) is 23.7. The van der Waals surface area contributed by atoms with E-state index in [2.05, 4.69) is 0 Å². The molecule has 2 aromatic carbocycles. The molecule has 0 unspecified atom stereocenters. The maximum Gasteiger partial charge on any atom is 0.325 e. The third-order valence-electron chi connectivity index (χ3n) is 5.29. The molecule has 2 heterocycles. The molecule has 1 aliphatic heterocycles. The Kier molecular flexibility index (Phi) is 6.58. The van der Waals surface area contributed by atoms with Crippen molar-refractivity contribution in [3.8, 4) is 5.75 Å². The van der Waals surface area contributed by atoms with Crippen LogP contribution in [0.1, 0.15) is 36.6 Å². The summed E-state index contributed by atoms with van der Waals surface area (Å²) in [4.78, 5) is 40.3. The van der Waals surface area contributed by atoms with E-state index in [4.69, 9.17) is 21.1 Å². The van der Waals surface area contributed by atoms with Crippen molar-refractivity contribution in [1.29, 1.82) is 0 Å². The number of rotatable bonds is 6. The van der Waals surface area contributed by atoms with Crippen molar-refractivity contribution in [2.75, 3.05) is 12.0 Å². The predicted molar refractivity (Wildman–Crippen MR) is 128 cm³/mol. The Hall–Kier alpha value is -3.10. The highest BCUT2D eigenvalue weighted by Gasteiger charge is 2.38. The summed E-state index contributed by atoms with van der Waals surface area (Å²) in [5.74, 6) is 0.00404. The summed E-state index contributed by atoms with van der Waals surface area (Å²) in [6.07, 6.45) is 0.213. The Labute approximate surface area is 200 Å². The van der Waals surface area contributed by atoms with Gasteiger partial charge in [0.05, 0.1) is 23.8 Å². The highest BCUT2D eigenvalue weighted by molar-refractivity contribution is 7.10. The molecule has 7 nitrogen and oxygen atoms in total. The van der Waals surface area contributed by atoms with Gasteiger partial charge in [-0.3, -0.25) is 23.9 Å². The van der Waals surface area contributed by atoms with Gasteiger partial charge in [0.2, 0.25) is 5.91 Å². The van der Waals surface area contributed by atoms with Crippen molar-refractivity contribution < 1.29 is 19.1 Å². The van der Waals surface area contributed by atoms with Crippen LogP contribution in [0.25, 0.3) is 0 Å². The highest BCUT2D eigenvalue weighted by Crippen LogP contribution is 2.45. The maximum atomic E-state index is 13.4. The Morgan fingerprint density at radius 3 is 2.55 bits per heavy atom. The van der Waals surface area contributed by atoms with Crippen LogP contribution in [-0.2, 0) is 20.9 Å². The smallest absolute Gasteiger partial charge is 0.325 e. The Morgan fingerprint density at radius 1 is 1.18 bits per heavy atom. The van der Waals surface area contributed by atoms with E-state index in [9.17, 15) is 14.4 Å². The van der Waals surface area contributed by atoms with Crippen LogP contribution >= 0.6 is 22.9 Å². The summed E-state index contributed by atoms with van der Waals surface area (Å²) in [5, 5.41) is 0.460. The van der Waals surface area contributed by atoms with E-state index in [-0.39, 0.29) is 35.8 Å². The molecule has 0 saturated heterocycles. The quantitative estimate of drug-likeness (QED) is 0.471. The summed E-state index contributed by atoms with van der Waals surface area (Å²) < 4.78 is 11.8. The zero-order valence-electron chi connectivity index (χ0n) is 18.4. The molecule has 9 heteroatoms. The second-order valence-electron chi connectivity index (χ2n) is 7.92. The van der Waals surface area contributed by atoms with Gasteiger partial charge in [-0.25, -0.2) is 0 Å². The maximum absolute atomic E-state index is 13.4. The molecule has 3 aromatic rings. The van der Waals surface area contributed by atoms with Crippen LogP contribution in [-0.4, -0.2) is 29.7 Å². The van der Waals surface area contributed by atoms with Gasteiger partial charge in [0, 0.05) is 17.4 Å². The normalized spacial score (nSPS) is 15.5. The van der Waals surface area contributed by atoms with Crippen molar-refractivity contribution in [2.45, 2.75) is 38.8 Å². The molecule has 0 aliphatic carbocycles. The van der Waals surface area contributed by atoms with Crippen molar-refractivity contribution in [1.82, 2.24) is 4.57 Å². The van der Waals surface area contributed by atoms with E-state index in [0.717, 1.165) is 22.6 Å². The molecular weight excluding hydrogens is 464 g/mol. The van der Waals surface area contributed by atoms with E-state index in [0.29, 0.717) is 21.4 Å². The number of hydrogen-bond acceptors (Lipinski definition) is 6. The van der Waals surface area contributed by atoms with Crippen molar-refractivity contribution in [2.24, 2.45) is 0 Å². The molecule has 0 radical (unpaired) electrons. The average molecular weight is 487 g/mol. The van der Waals surface area contributed by atoms with Gasteiger partial charge in [-0.15, -0.1) is 0 Å². The predicted octanol–water partition coefficient (Wildman–Crippen LogP) is 4.72. The van der Waals surface area contributed by atoms with Gasteiger partial charge in [0.15, 0.2) is 0 Å². The molecule has 0 bridgehead atoms. The standard InChI is InChI=1S/C24H23ClN2O5S/c1-14(2)32-18-9-7-15(8-10-18)19-12-20(28)27(17-6-4-5-16(25)11-17)23-22(19)33-24(30)26(23)13-21(29)31-3/h4-11,14,19H,12-13H2,1-3H3/t19-/m0/s1. The van der Waals surface area contributed by atoms with E-state index < -0.39 is 5.97 Å². The van der Waals surface area contributed by atoms with Crippen LogP contribution in [0.15, 0.2) is 53.3 Å². The van der Waals surface area contributed by atoms with Gasteiger partial charge < -0.3 is 9.47 Å². The number of carbonyl (C=O) groups is 2. The Balaban J connectivity index is 1.84. The number of hydrogen-bond donors (Lipinski definition) is 0. The SMILES string of the molecule is COC(=O)Cn1c2c(sc1=O)[C@H](c1ccc(OC(C)C)cc1)CC(=O)N2c1cccc(Cl)c1. The van der Waals surface area contributed by atoms with E-state index in [1.807, 2.05) is 38.1 Å². The first-order valence-electron chi connectivity index (χ1n) is 10.4. The number of benzene rings is 2. The number of fused-ring (bicyclic) bond motifs is 1. The molecule has 0 spiro atoms. The van der Waals surface area contributed by atoms with Gasteiger partial charge in [-0.2, -0.15) is 0 Å². The fourth-order valence-electron chi connectivity index (χ4n) is 3.88. The number of anilines is 2. The minimum atomic E-state index is -0.575. The second kappa shape index (κ2) is 9.41. The molecule has 0 N–H and O–H groups in total. The van der Waals surface area contributed by atoms with Crippen LogP contribution in [0.3, 0.4) is 0 Å². The number of nitrogens with zero attached hydrogens (tertiary/aromatic N) is 2. The number of halogens is 1. The van der Waals surface area contributed by atoms with Crippen LogP contribution in [0.5, 0.6) is 5.75 Å². The molecule has 1 aromatic heterocycles. The lowest BCUT2D eigenvalue weighted by atomic mass is 9.90. The molecule has 1 aliphatic rings. The first kappa shape index (κ1) is 23.1. The summed E-state index contributed by atoms with van der Waals surface area (Å²) in [6, 6.07) is 14.4. The minimum Gasteiger partial charge on any atom is -0.491 e. The number of carbonyl (C=O) groups excluding carboxylic acids is 2. The molecular formula is C24H23ClN2O5S. The molecule has 0 saturated carbocycles. The third-order valence-corrected chi connectivity index (χ3v) is 6.60. The average Bonchev–Trinajstić information content (AvgIpc) is 3.09. The lowest BCUT2D eigenvalue weighted by Gasteiger charge is -2.32. The van der Waals surface area contributed by atoms with Gasteiger partial charge in [0.25, 0.3) is 0 Å². The zero-order valence-corrected chi connectivity index (χ0v) is 20.0. The van der Waals surface area contributed by atoms with Crippen LogP contribution in [0.4, 0.5) is 11.5 Å². The van der Waals surface area contributed by atoms with E-state index in [1.165, 1.54) is 16.6 Å². The van der Waals surface area contributed by atoms with Crippen LogP contribution in [0, 0.1) is 0 Å². The lowest BCUT2D eigenvalue weighted by Crippen LogP contribution is -2.36. The van der Waals surface area contributed by atoms with Crippen LogP contribution in [0.2, 0.25) is 5.02 Å². The number of amides is 1. The molecule has 1 amide bonds. The molecule has 33 heavy (non-hydrogen) atoms. The topological polar surface area (TPSA) is 77.8 Å². The summed E-state index contributed by atoms with van der Waals surface area (Å²) in [6.45, 7) is 3.61. The van der Waals surface area contributed by atoms with Crippen molar-refractivity contribution in [3.05, 3.63) is 73.7 Å². The summed E-state index contributed by atoms with van der Waals surface area (Å²) >= 11 is 7.21. The molecule has 4 rings (SSSR count). The monoisotopic (exact) mass is 486 g/mol. The lowest BCUT2D eigenvalue weighted by molar-refractivity contribution is -0.141. The van der Waals surface area contributed by atoms with Crippen molar-refractivity contribution >= 4 is 46.3 Å². The first-order chi connectivity index (χ1) is 15.8. The van der Waals surface area contributed by atoms with E-state index >= 15 is 0 Å². The summed E-state index contributed by atoms with van der Waals surface area (Å²) in [5.41, 5.74) is 1.42. The minimum absolute atomic E-state index is 0.0440. The largest absolute Gasteiger partial charge is 0.491 e.